The molecule has 0 aliphatic rings. The van der Waals surface area contributed by atoms with E-state index >= 15 is 0 Å². The van der Waals surface area contributed by atoms with Crippen LogP contribution in [-0.4, -0.2) is 11.3 Å². The summed E-state index contributed by atoms with van der Waals surface area (Å²) in [7, 11) is 0. The Morgan fingerprint density at radius 2 is 2.31 bits per heavy atom. The average Bonchev–Trinajstić information content (AvgIpc) is 2.71. The van der Waals surface area contributed by atoms with Crippen LogP contribution in [-0.2, 0) is 0 Å². The first-order valence-electron chi connectivity index (χ1n) is 3.84. The van der Waals surface area contributed by atoms with E-state index in [2.05, 4.69) is 4.98 Å². The molecule has 0 saturated heterocycles. The quantitative estimate of drug-likeness (QED) is 0.653. The van der Waals surface area contributed by atoms with E-state index < -0.39 is 0 Å². The van der Waals surface area contributed by atoms with Gasteiger partial charge < -0.3 is 4.42 Å². The van der Waals surface area contributed by atoms with Crippen molar-refractivity contribution in [1.82, 2.24) is 4.98 Å². The maximum atomic E-state index is 10.5. The van der Waals surface area contributed by atoms with E-state index in [-0.39, 0.29) is 0 Å². The maximum absolute atomic E-state index is 10.5. The summed E-state index contributed by atoms with van der Waals surface area (Å²) in [6.07, 6.45) is 3.72. The Labute approximate surface area is 75.0 Å². The summed E-state index contributed by atoms with van der Waals surface area (Å²) in [5.74, 6) is 0. The number of nitrogens with zero attached hydrogens (tertiary/aromatic N) is 1. The number of aldehydes is 1. The lowest BCUT2D eigenvalue weighted by molar-refractivity contribution is 0.112. The number of carbonyl (C=O) groups excluding carboxylic acids is 1. The molecule has 2 aromatic rings. The normalized spacial score (nSPS) is 9.85. The lowest BCUT2D eigenvalue weighted by atomic mass is 10.1. The summed E-state index contributed by atoms with van der Waals surface area (Å²) >= 11 is 0. The molecule has 2 rings (SSSR count). The molecule has 13 heavy (non-hydrogen) atoms. The van der Waals surface area contributed by atoms with Crippen LogP contribution in [0.15, 0.2) is 41.3 Å². The summed E-state index contributed by atoms with van der Waals surface area (Å²) in [5, 5.41) is 0. The van der Waals surface area contributed by atoms with E-state index in [0.717, 1.165) is 17.5 Å². The van der Waals surface area contributed by atoms with Crippen molar-refractivity contribution in [2.24, 2.45) is 0 Å². The van der Waals surface area contributed by atoms with Crippen LogP contribution in [0.5, 0.6) is 0 Å². The van der Waals surface area contributed by atoms with Gasteiger partial charge in [-0.25, -0.2) is 4.98 Å². The number of hydrogen-bond donors (Lipinski definition) is 0. The third-order valence-corrected chi connectivity index (χ3v) is 1.75. The van der Waals surface area contributed by atoms with E-state index in [1.165, 1.54) is 6.39 Å². The maximum Gasteiger partial charge on any atom is 0.181 e. The molecule has 0 aliphatic carbocycles. The summed E-state index contributed by atoms with van der Waals surface area (Å²) in [6.45, 7) is 0. The number of rotatable bonds is 2. The van der Waals surface area contributed by atoms with Crippen molar-refractivity contribution in [3.63, 3.8) is 0 Å². The Bertz CT molecular complexity index is 407. The van der Waals surface area contributed by atoms with Crippen LogP contribution >= 0.6 is 0 Å². The van der Waals surface area contributed by atoms with Crippen LogP contribution in [0.3, 0.4) is 0 Å². The molecule has 0 saturated carbocycles. The Balaban J connectivity index is 2.47. The molecule has 64 valence electrons. The summed E-state index contributed by atoms with van der Waals surface area (Å²) < 4.78 is 4.84. The molecule has 3 heteroatoms. The van der Waals surface area contributed by atoms with Crippen molar-refractivity contribution in [3.05, 3.63) is 42.5 Å². The van der Waals surface area contributed by atoms with Gasteiger partial charge in [-0.15, -0.1) is 0 Å². The van der Waals surface area contributed by atoms with Gasteiger partial charge >= 0.3 is 0 Å². The van der Waals surface area contributed by atoms with E-state index in [1.54, 1.807) is 18.4 Å². The molecule has 0 N–H and O–H groups in total. The second kappa shape index (κ2) is 3.23. The molecule has 0 bridgehead atoms. The van der Waals surface area contributed by atoms with Gasteiger partial charge in [-0.3, -0.25) is 4.79 Å². The number of carbonyl (C=O) groups is 1. The predicted octanol–water partition coefficient (Wildman–Crippen LogP) is 2.15. The fourth-order valence-electron chi connectivity index (χ4n) is 1.13. The molecule has 0 spiro atoms. The fourth-order valence-corrected chi connectivity index (χ4v) is 1.13. The number of oxazole rings is 1. The van der Waals surface area contributed by atoms with Crippen LogP contribution in [0.1, 0.15) is 10.4 Å². The molecule has 3 nitrogen and oxygen atoms in total. The van der Waals surface area contributed by atoms with Crippen LogP contribution in [0.2, 0.25) is 0 Å². The molecule has 1 heterocycles. The SMILES string of the molecule is O=Cc1cccc(-c2cocn2)c1. The fraction of sp³-hybridized carbons (Fsp3) is 0. The highest BCUT2D eigenvalue weighted by atomic mass is 16.3. The summed E-state index contributed by atoms with van der Waals surface area (Å²) in [4.78, 5) is 14.5. The third-order valence-electron chi connectivity index (χ3n) is 1.75. The van der Waals surface area contributed by atoms with Crippen LogP contribution < -0.4 is 0 Å². The summed E-state index contributed by atoms with van der Waals surface area (Å²) in [6, 6.07) is 7.21. The Hall–Kier alpha value is -1.90. The standard InChI is InChI=1S/C10H7NO2/c12-5-8-2-1-3-9(4-8)10-6-13-7-11-10/h1-7H. The zero-order valence-electron chi connectivity index (χ0n) is 6.81. The van der Waals surface area contributed by atoms with Gasteiger partial charge in [0.05, 0.1) is 0 Å². The highest BCUT2D eigenvalue weighted by molar-refractivity contribution is 5.77. The highest BCUT2D eigenvalue weighted by Crippen LogP contribution is 2.17. The molecular formula is C10H7NO2. The molecule has 1 aromatic heterocycles. The van der Waals surface area contributed by atoms with Gasteiger partial charge in [0, 0.05) is 11.1 Å². The lowest BCUT2D eigenvalue weighted by Gasteiger charge is -1.95. The van der Waals surface area contributed by atoms with Crippen LogP contribution in [0.25, 0.3) is 11.3 Å². The molecule has 0 unspecified atom stereocenters. The predicted molar refractivity (Wildman–Crippen MR) is 47.3 cm³/mol. The van der Waals surface area contributed by atoms with Crippen molar-refractivity contribution < 1.29 is 9.21 Å². The Morgan fingerprint density at radius 1 is 1.38 bits per heavy atom. The van der Waals surface area contributed by atoms with E-state index in [9.17, 15) is 4.79 Å². The molecule has 0 atom stereocenters. The van der Waals surface area contributed by atoms with Gasteiger partial charge in [0.2, 0.25) is 0 Å². The second-order valence-electron chi connectivity index (χ2n) is 2.62. The minimum atomic E-state index is 0.639. The van der Waals surface area contributed by atoms with Crippen molar-refractivity contribution in [2.45, 2.75) is 0 Å². The van der Waals surface area contributed by atoms with Gasteiger partial charge in [0.1, 0.15) is 18.2 Å². The van der Waals surface area contributed by atoms with Gasteiger partial charge in [-0.2, -0.15) is 0 Å². The zero-order chi connectivity index (χ0) is 9.10. The van der Waals surface area contributed by atoms with E-state index in [1.807, 2.05) is 12.1 Å². The average molecular weight is 173 g/mol. The minimum Gasteiger partial charge on any atom is -0.451 e. The van der Waals surface area contributed by atoms with Gasteiger partial charge in [-0.1, -0.05) is 18.2 Å². The number of hydrogen-bond acceptors (Lipinski definition) is 3. The van der Waals surface area contributed by atoms with Crippen molar-refractivity contribution in [2.75, 3.05) is 0 Å². The monoisotopic (exact) mass is 173 g/mol. The van der Waals surface area contributed by atoms with E-state index in [0.29, 0.717) is 5.56 Å². The molecule has 0 radical (unpaired) electrons. The van der Waals surface area contributed by atoms with Crippen LogP contribution in [0.4, 0.5) is 0 Å². The molecule has 0 aliphatic heterocycles. The van der Waals surface area contributed by atoms with Crippen molar-refractivity contribution in [3.8, 4) is 11.3 Å². The van der Waals surface area contributed by atoms with Crippen molar-refractivity contribution >= 4 is 6.29 Å². The highest BCUT2D eigenvalue weighted by Gasteiger charge is 2.00. The first-order chi connectivity index (χ1) is 6.40. The third kappa shape index (κ3) is 1.49. The zero-order valence-corrected chi connectivity index (χ0v) is 6.81. The number of aromatic nitrogens is 1. The van der Waals surface area contributed by atoms with E-state index in [4.69, 9.17) is 4.42 Å². The second-order valence-corrected chi connectivity index (χ2v) is 2.62. The Kier molecular flexibility index (Phi) is 1.92. The molecule has 0 fully saturated rings. The van der Waals surface area contributed by atoms with Gasteiger partial charge in [0.15, 0.2) is 6.39 Å². The first kappa shape index (κ1) is 7.73. The van der Waals surface area contributed by atoms with Crippen LogP contribution in [0, 0.1) is 0 Å². The van der Waals surface area contributed by atoms with Crippen molar-refractivity contribution in [1.29, 1.82) is 0 Å². The largest absolute Gasteiger partial charge is 0.451 e. The number of benzene rings is 1. The molecule has 1 aromatic carbocycles. The first-order valence-corrected chi connectivity index (χ1v) is 3.84. The van der Waals surface area contributed by atoms with Gasteiger partial charge in [0.25, 0.3) is 0 Å². The molecular weight excluding hydrogens is 166 g/mol. The summed E-state index contributed by atoms with van der Waals surface area (Å²) in [5.41, 5.74) is 2.27. The Morgan fingerprint density at radius 3 is 3.00 bits per heavy atom. The smallest absolute Gasteiger partial charge is 0.181 e. The van der Waals surface area contributed by atoms with Gasteiger partial charge in [-0.05, 0) is 6.07 Å². The lowest BCUT2D eigenvalue weighted by Crippen LogP contribution is -1.81. The molecule has 0 amide bonds. The topological polar surface area (TPSA) is 43.1 Å². The minimum absolute atomic E-state index is 0.639.